The van der Waals surface area contributed by atoms with Gasteiger partial charge in [-0.1, -0.05) is 24.6 Å². The molecule has 0 spiro atoms. The fraction of sp³-hybridized carbons (Fsp3) is 0.400. The zero-order chi connectivity index (χ0) is 10.7. The standard InChI is InChI=1S/C10H13N3OS/c1-2-4-7(11)10-12-9(13-14-10)8-5-3-6-15-8/h3,5-7H,2,4,11H2,1H3/t7-/m0/s1. The normalized spacial score (nSPS) is 12.9. The number of aromatic nitrogens is 2. The molecule has 0 aliphatic carbocycles. The van der Waals surface area contributed by atoms with Crippen LogP contribution in [-0.2, 0) is 0 Å². The van der Waals surface area contributed by atoms with E-state index in [0.717, 1.165) is 17.7 Å². The SMILES string of the molecule is CCC[C@H](N)c1nc(-c2cccs2)no1. The van der Waals surface area contributed by atoms with Gasteiger partial charge in [0.1, 0.15) is 0 Å². The van der Waals surface area contributed by atoms with E-state index in [2.05, 4.69) is 17.1 Å². The first kappa shape index (κ1) is 10.3. The Morgan fingerprint density at radius 1 is 1.60 bits per heavy atom. The first-order valence-electron chi connectivity index (χ1n) is 4.94. The van der Waals surface area contributed by atoms with Crippen LogP contribution in [0.4, 0.5) is 0 Å². The maximum atomic E-state index is 5.88. The smallest absolute Gasteiger partial charge is 0.243 e. The predicted molar refractivity (Wildman–Crippen MR) is 59.4 cm³/mol. The number of thiophene rings is 1. The van der Waals surface area contributed by atoms with Gasteiger partial charge in [-0.05, 0) is 17.9 Å². The van der Waals surface area contributed by atoms with Crippen molar-refractivity contribution in [3.05, 3.63) is 23.4 Å². The molecule has 2 aromatic heterocycles. The Labute approximate surface area is 92.1 Å². The third-order valence-corrected chi connectivity index (χ3v) is 2.97. The molecule has 0 aliphatic heterocycles. The van der Waals surface area contributed by atoms with Gasteiger partial charge in [-0.2, -0.15) is 4.98 Å². The van der Waals surface area contributed by atoms with Gasteiger partial charge in [0.25, 0.3) is 0 Å². The number of nitrogens with two attached hydrogens (primary N) is 1. The molecule has 0 saturated heterocycles. The number of hydrogen-bond acceptors (Lipinski definition) is 5. The molecule has 4 nitrogen and oxygen atoms in total. The lowest BCUT2D eigenvalue weighted by Crippen LogP contribution is -2.09. The Hall–Kier alpha value is -1.20. The van der Waals surface area contributed by atoms with Gasteiger partial charge >= 0.3 is 0 Å². The van der Waals surface area contributed by atoms with Gasteiger partial charge in [0.05, 0.1) is 10.9 Å². The van der Waals surface area contributed by atoms with Crippen LogP contribution in [0.15, 0.2) is 22.0 Å². The van der Waals surface area contributed by atoms with E-state index < -0.39 is 0 Å². The van der Waals surface area contributed by atoms with E-state index in [-0.39, 0.29) is 6.04 Å². The molecule has 2 N–H and O–H groups in total. The Balaban J connectivity index is 2.17. The summed E-state index contributed by atoms with van der Waals surface area (Å²) in [4.78, 5) is 5.29. The van der Waals surface area contributed by atoms with Gasteiger partial charge in [0.2, 0.25) is 11.7 Å². The van der Waals surface area contributed by atoms with Gasteiger partial charge in [-0.15, -0.1) is 11.3 Å². The molecule has 2 heterocycles. The molecule has 0 aromatic carbocycles. The molecule has 0 unspecified atom stereocenters. The third kappa shape index (κ3) is 2.24. The average Bonchev–Trinajstić information content (AvgIpc) is 2.89. The second-order valence-electron chi connectivity index (χ2n) is 3.33. The van der Waals surface area contributed by atoms with Gasteiger partial charge in [0, 0.05) is 0 Å². The lowest BCUT2D eigenvalue weighted by atomic mass is 10.2. The zero-order valence-corrected chi connectivity index (χ0v) is 9.33. The van der Waals surface area contributed by atoms with Crippen molar-refractivity contribution in [2.75, 3.05) is 0 Å². The summed E-state index contributed by atoms with van der Waals surface area (Å²) in [7, 11) is 0. The maximum Gasteiger partial charge on any atom is 0.243 e. The van der Waals surface area contributed by atoms with E-state index in [1.807, 2.05) is 17.5 Å². The number of rotatable bonds is 4. The average molecular weight is 223 g/mol. The van der Waals surface area contributed by atoms with Crippen LogP contribution in [0.5, 0.6) is 0 Å². The quantitative estimate of drug-likeness (QED) is 0.865. The van der Waals surface area contributed by atoms with E-state index in [9.17, 15) is 0 Å². The fourth-order valence-corrected chi connectivity index (χ4v) is 1.98. The van der Waals surface area contributed by atoms with Crippen molar-refractivity contribution in [3.8, 4) is 10.7 Å². The summed E-state index contributed by atoms with van der Waals surface area (Å²) >= 11 is 1.59. The summed E-state index contributed by atoms with van der Waals surface area (Å²) < 4.78 is 5.12. The molecule has 0 amide bonds. The van der Waals surface area contributed by atoms with Crippen LogP contribution in [0.25, 0.3) is 10.7 Å². The zero-order valence-electron chi connectivity index (χ0n) is 8.51. The minimum atomic E-state index is -0.142. The highest BCUT2D eigenvalue weighted by atomic mass is 32.1. The second-order valence-corrected chi connectivity index (χ2v) is 4.28. The molecule has 0 bridgehead atoms. The Kier molecular flexibility index (Phi) is 3.13. The van der Waals surface area contributed by atoms with Gasteiger partial charge in [0.15, 0.2) is 0 Å². The monoisotopic (exact) mass is 223 g/mol. The van der Waals surface area contributed by atoms with E-state index in [4.69, 9.17) is 10.3 Å². The largest absolute Gasteiger partial charge is 0.337 e. The molecule has 2 aromatic rings. The number of nitrogens with zero attached hydrogens (tertiary/aromatic N) is 2. The molecule has 15 heavy (non-hydrogen) atoms. The van der Waals surface area contributed by atoms with Crippen molar-refractivity contribution >= 4 is 11.3 Å². The molecule has 0 fully saturated rings. The molecular formula is C10H13N3OS. The summed E-state index contributed by atoms with van der Waals surface area (Å²) in [5.74, 6) is 1.16. The van der Waals surface area contributed by atoms with Crippen molar-refractivity contribution in [2.45, 2.75) is 25.8 Å². The summed E-state index contributed by atoms with van der Waals surface area (Å²) in [5, 5.41) is 5.89. The van der Waals surface area contributed by atoms with E-state index in [1.165, 1.54) is 0 Å². The highest BCUT2D eigenvalue weighted by Crippen LogP contribution is 2.23. The Morgan fingerprint density at radius 3 is 3.13 bits per heavy atom. The molecule has 0 saturated carbocycles. The van der Waals surface area contributed by atoms with Crippen LogP contribution in [0.2, 0.25) is 0 Å². The molecule has 5 heteroatoms. The third-order valence-electron chi connectivity index (χ3n) is 2.10. The first-order valence-corrected chi connectivity index (χ1v) is 5.82. The second kappa shape index (κ2) is 4.55. The highest BCUT2D eigenvalue weighted by molar-refractivity contribution is 7.13. The summed E-state index contributed by atoms with van der Waals surface area (Å²) in [6, 6.07) is 3.78. The van der Waals surface area contributed by atoms with Crippen molar-refractivity contribution in [3.63, 3.8) is 0 Å². The lowest BCUT2D eigenvalue weighted by molar-refractivity contribution is 0.348. The molecule has 80 valence electrons. The van der Waals surface area contributed by atoms with Crippen molar-refractivity contribution in [2.24, 2.45) is 5.73 Å². The summed E-state index contributed by atoms with van der Waals surface area (Å²) in [6.45, 7) is 2.08. The van der Waals surface area contributed by atoms with E-state index in [0.29, 0.717) is 11.7 Å². The molecule has 2 rings (SSSR count). The van der Waals surface area contributed by atoms with Crippen LogP contribution >= 0.6 is 11.3 Å². The maximum absolute atomic E-state index is 5.88. The summed E-state index contributed by atoms with van der Waals surface area (Å²) in [5.41, 5.74) is 5.88. The minimum absolute atomic E-state index is 0.142. The molecular weight excluding hydrogens is 210 g/mol. The predicted octanol–water partition coefficient (Wildman–Crippen LogP) is 2.60. The fourth-order valence-electron chi connectivity index (χ4n) is 1.33. The molecule has 1 atom stereocenters. The topological polar surface area (TPSA) is 64.9 Å². The van der Waals surface area contributed by atoms with Crippen molar-refractivity contribution in [1.29, 1.82) is 0 Å². The van der Waals surface area contributed by atoms with Crippen molar-refractivity contribution < 1.29 is 4.52 Å². The molecule has 0 radical (unpaired) electrons. The molecule has 0 aliphatic rings. The van der Waals surface area contributed by atoms with E-state index in [1.54, 1.807) is 11.3 Å². The number of hydrogen-bond donors (Lipinski definition) is 1. The van der Waals surface area contributed by atoms with Crippen molar-refractivity contribution in [1.82, 2.24) is 10.1 Å². The highest BCUT2D eigenvalue weighted by Gasteiger charge is 2.14. The van der Waals surface area contributed by atoms with Crippen LogP contribution in [0.3, 0.4) is 0 Å². The van der Waals surface area contributed by atoms with E-state index >= 15 is 0 Å². The van der Waals surface area contributed by atoms with Crippen LogP contribution in [-0.4, -0.2) is 10.1 Å². The van der Waals surface area contributed by atoms with Crippen LogP contribution in [0, 0.1) is 0 Å². The Bertz CT molecular complexity index is 410. The van der Waals surface area contributed by atoms with Gasteiger partial charge in [-0.3, -0.25) is 0 Å². The van der Waals surface area contributed by atoms with Crippen LogP contribution in [0.1, 0.15) is 31.7 Å². The first-order chi connectivity index (χ1) is 7.31. The van der Waals surface area contributed by atoms with Crippen LogP contribution < -0.4 is 5.73 Å². The Morgan fingerprint density at radius 2 is 2.47 bits per heavy atom. The lowest BCUT2D eigenvalue weighted by Gasteiger charge is -2.01. The van der Waals surface area contributed by atoms with Gasteiger partial charge in [-0.25, -0.2) is 0 Å². The van der Waals surface area contributed by atoms with Gasteiger partial charge < -0.3 is 10.3 Å². The minimum Gasteiger partial charge on any atom is -0.337 e. The summed E-state index contributed by atoms with van der Waals surface area (Å²) in [6.07, 6.45) is 1.88.